The van der Waals surface area contributed by atoms with Gasteiger partial charge in [0.2, 0.25) is 5.91 Å². The fourth-order valence-corrected chi connectivity index (χ4v) is 5.14. The number of fused-ring (bicyclic) bond motifs is 1. The number of anilines is 1. The fourth-order valence-electron chi connectivity index (χ4n) is 5.14. The first-order valence-electron chi connectivity index (χ1n) is 12.2. The topological polar surface area (TPSA) is 67.4 Å². The molecular weight excluding hydrogens is 424 g/mol. The van der Waals surface area contributed by atoms with Crippen LogP contribution in [0.5, 0.6) is 5.75 Å². The highest BCUT2D eigenvalue weighted by Gasteiger charge is 2.30. The minimum absolute atomic E-state index is 0.107. The Labute approximate surface area is 202 Å². The number of ether oxygens (including phenoxy) is 1. The van der Waals surface area contributed by atoms with E-state index in [9.17, 15) is 4.79 Å². The lowest BCUT2D eigenvalue weighted by Crippen LogP contribution is -2.32. The smallest absolute Gasteiger partial charge is 0.225 e. The van der Waals surface area contributed by atoms with Crippen LogP contribution in [-0.4, -0.2) is 42.0 Å². The maximum absolute atomic E-state index is 12.4. The second kappa shape index (κ2) is 10.00. The Morgan fingerprint density at radius 3 is 2.47 bits per heavy atom. The fraction of sp³-hybridized carbons (Fsp3) is 0.464. The molecule has 3 aromatic rings. The van der Waals surface area contributed by atoms with E-state index < -0.39 is 0 Å². The lowest BCUT2D eigenvalue weighted by atomic mass is 9.77. The van der Waals surface area contributed by atoms with Gasteiger partial charge in [0, 0.05) is 37.5 Å². The summed E-state index contributed by atoms with van der Waals surface area (Å²) in [5.41, 5.74) is 4.53. The van der Waals surface area contributed by atoms with E-state index in [1.165, 1.54) is 16.7 Å². The van der Waals surface area contributed by atoms with Gasteiger partial charge in [-0.3, -0.25) is 4.79 Å². The number of benzene rings is 2. The van der Waals surface area contributed by atoms with E-state index in [1.807, 2.05) is 27.1 Å². The van der Waals surface area contributed by atoms with Crippen molar-refractivity contribution in [2.24, 2.45) is 5.92 Å². The molecular formula is C28H36N4O2. The summed E-state index contributed by atoms with van der Waals surface area (Å²) in [5, 5.41) is 4.64. The van der Waals surface area contributed by atoms with Gasteiger partial charge >= 0.3 is 0 Å². The van der Waals surface area contributed by atoms with Crippen LogP contribution < -0.4 is 10.1 Å². The van der Waals surface area contributed by atoms with Crippen molar-refractivity contribution in [1.82, 2.24) is 14.9 Å². The molecule has 1 aliphatic carbocycles. The molecule has 1 saturated carbocycles. The van der Waals surface area contributed by atoms with Gasteiger partial charge in [0.15, 0.2) is 0 Å². The van der Waals surface area contributed by atoms with E-state index in [0.29, 0.717) is 5.92 Å². The first kappa shape index (κ1) is 24.0. The molecule has 1 atom stereocenters. The average Bonchev–Trinajstić information content (AvgIpc) is 2.82. The van der Waals surface area contributed by atoms with Crippen LogP contribution in [0.25, 0.3) is 10.9 Å². The minimum Gasteiger partial charge on any atom is -0.496 e. The zero-order valence-corrected chi connectivity index (χ0v) is 21.2. The van der Waals surface area contributed by atoms with Crippen molar-refractivity contribution in [3.8, 4) is 5.75 Å². The number of rotatable bonds is 6. The summed E-state index contributed by atoms with van der Waals surface area (Å²) < 4.78 is 5.81. The molecule has 4 rings (SSSR count). The van der Waals surface area contributed by atoms with Crippen molar-refractivity contribution in [2.45, 2.75) is 58.4 Å². The van der Waals surface area contributed by atoms with Crippen molar-refractivity contribution in [3.05, 3.63) is 58.9 Å². The van der Waals surface area contributed by atoms with Crippen LogP contribution in [0.4, 0.5) is 5.82 Å². The third kappa shape index (κ3) is 5.01. The number of aryl methyl sites for hydroxylation is 2. The predicted molar refractivity (Wildman–Crippen MR) is 137 cm³/mol. The van der Waals surface area contributed by atoms with Crippen molar-refractivity contribution in [3.63, 3.8) is 0 Å². The normalized spacial score (nSPS) is 19.0. The Morgan fingerprint density at radius 2 is 1.82 bits per heavy atom. The number of hydrogen-bond acceptors (Lipinski definition) is 5. The molecule has 34 heavy (non-hydrogen) atoms. The number of nitrogens with one attached hydrogen (secondary N) is 1. The Kier molecular flexibility index (Phi) is 7.05. The largest absolute Gasteiger partial charge is 0.496 e. The predicted octanol–water partition coefficient (Wildman–Crippen LogP) is 5.79. The third-order valence-corrected chi connectivity index (χ3v) is 7.01. The van der Waals surface area contributed by atoms with Crippen LogP contribution in [-0.2, 0) is 4.79 Å². The Hall–Kier alpha value is -3.15. The molecule has 1 aromatic heterocycles. The molecule has 0 bridgehead atoms. The number of aromatic nitrogens is 2. The summed E-state index contributed by atoms with van der Waals surface area (Å²) >= 11 is 0. The first-order chi connectivity index (χ1) is 16.3. The standard InChI is InChI=1S/C28H36N4O2/c1-17-8-7-9-22(14-17)18(2)29-27-24-15-23(26(34-6)16-25(24)30-19(3)31-27)20-10-12-21(13-11-20)28(33)32(4)5/h7-9,14-16,18,20-21H,10-13H2,1-6H3,(H,29,30,31)/t18-,20?,21?/m0/s1. The van der Waals surface area contributed by atoms with Gasteiger partial charge in [-0.05, 0) is 69.6 Å². The van der Waals surface area contributed by atoms with Gasteiger partial charge in [0.1, 0.15) is 17.4 Å². The van der Waals surface area contributed by atoms with Gasteiger partial charge < -0.3 is 15.0 Å². The van der Waals surface area contributed by atoms with Crippen molar-refractivity contribution < 1.29 is 9.53 Å². The lowest BCUT2D eigenvalue weighted by Gasteiger charge is -2.30. The SMILES string of the molecule is COc1cc2nc(C)nc(N[C@@H](C)c3cccc(C)c3)c2cc1C1CCC(C(=O)N(C)C)CC1. The summed E-state index contributed by atoms with van der Waals surface area (Å²) in [4.78, 5) is 23.6. The molecule has 0 unspecified atom stereocenters. The van der Waals surface area contributed by atoms with Crippen LogP contribution in [0.2, 0.25) is 0 Å². The Balaban J connectivity index is 1.66. The van der Waals surface area contributed by atoms with Crippen LogP contribution in [0.3, 0.4) is 0 Å². The van der Waals surface area contributed by atoms with E-state index in [0.717, 1.165) is 54.0 Å². The highest BCUT2D eigenvalue weighted by Crippen LogP contribution is 2.42. The maximum atomic E-state index is 12.4. The lowest BCUT2D eigenvalue weighted by molar-refractivity contribution is -0.134. The van der Waals surface area contributed by atoms with Crippen LogP contribution >= 0.6 is 0 Å². The van der Waals surface area contributed by atoms with Gasteiger partial charge in [-0.15, -0.1) is 0 Å². The highest BCUT2D eigenvalue weighted by atomic mass is 16.5. The van der Waals surface area contributed by atoms with Crippen LogP contribution in [0.15, 0.2) is 36.4 Å². The van der Waals surface area contributed by atoms with E-state index in [1.54, 1.807) is 12.0 Å². The molecule has 180 valence electrons. The molecule has 1 aliphatic rings. The number of hydrogen-bond donors (Lipinski definition) is 1. The second-order valence-corrected chi connectivity index (χ2v) is 9.79. The molecule has 6 heteroatoms. The molecule has 1 N–H and O–H groups in total. The summed E-state index contributed by atoms with van der Waals surface area (Å²) in [7, 11) is 5.41. The van der Waals surface area contributed by atoms with Gasteiger partial charge in [0.05, 0.1) is 12.6 Å². The monoisotopic (exact) mass is 460 g/mol. The van der Waals surface area contributed by atoms with E-state index in [-0.39, 0.29) is 17.9 Å². The minimum atomic E-state index is 0.107. The molecule has 0 saturated heterocycles. The molecule has 0 spiro atoms. The van der Waals surface area contributed by atoms with Crippen LogP contribution in [0, 0.1) is 19.8 Å². The Bertz CT molecular complexity index is 1180. The van der Waals surface area contributed by atoms with Crippen LogP contribution in [0.1, 0.15) is 67.1 Å². The van der Waals surface area contributed by atoms with Crippen molar-refractivity contribution in [1.29, 1.82) is 0 Å². The van der Waals surface area contributed by atoms with Gasteiger partial charge in [0.25, 0.3) is 0 Å². The van der Waals surface area contributed by atoms with Crippen molar-refractivity contribution >= 4 is 22.6 Å². The van der Waals surface area contributed by atoms with Gasteiger partial charge in [-0.1, -0.05) is 29.8 Å². The molecule has 0 aliphatic heterocycles. The quantitative estimate of drug-likeness (QED) is 0.504. The molecule has 1 heterocycles. The molecule has 1 amide bonds. The summed E-state index contributed by atoms with van der Waals surface area (Å²) in [5.74, 6) is 3.15. The molecule has 0 radical (unpaired) electrons. The molecule has 6 nitrogen and oxygen atoms in total. The second-order valence-electron chi connectivity index (χ2n) is 9.79. The van der Waals surface area contributed by atoms with Gasteiger partial charge in [-0.2, -0.15) is 0 Å². The van der Waals surface area contributed by atoms with Crippen molar-refractivity contribution in [2.75, 3.05) is 26.5 Å². The number of nitrogens with zero attached hydrogens (tertiary/aromatic N) is 3. The zero-order valence-electron chi connectivity index (χ0n) is 21.2. The number of methoxy groups -OCH3 is 1. The number of carbonyl (C=O) groups excluding carboxylic acids is 1. The average molecular weight is 461 g/mol. The summed E-state index contributed by atoms with van der Waals surface area (Å²) in [6.07, 6.45) is 3.76. The first-order valence-corrected chi connectivity index (χ1v) is 12.2. The number of amides is 1. The van der Waals surface area contributed by atoms with E-state index >= 15 is 0 Å². The third-order valence-electron chi connectivity index (χ3n) is 7.01. The van der Waals surface area contributed by atoms with E-state index in [2.05, 4.69) is 49.5 Å². The van der Waals surface area contributed by atoms with E-state index in [4.69, 9.17) is 14.7 Å². The Morgan fingerprint density at radius 1 is 1.09 bits per heavy atom. The highest BCUT2D eigenvalue weighted by molar-refractivity contribution is 5.91. The zero-order chi connectivity index (χ0) is 24.4. The number of carbonyl (C=O) groups is 1. The molecule has 2 aromatic carbocycles. The molecule has 1 fully saturated rings. The maximum Gasteiger partial charge on any atom is 0.225 e. The summed E-state index contributed by atoms with van der Waals surface area (Å²) in [6.45, 7) is 6.19. The summed E-state index contributed by atoms with van der Waals surface area (Å²) in [6, 6.07) is 12.9. The van der Waals surface area contributed by atoms with Gasteiger partial charge in [-0.25, -0.2) is 9.97 Å².